The Balaban J connectivity index is 1.66. The lowest BCUT2D eigenvalue weighted by Crippen LogP contribution is -2.38. The molecule has 2 aliphatic heterocycles. The quantitative estimate of drug-likeness (QED) is 0.871. The minimum absolute atomic E-state index is 0.0101. The molecular weight excluding hydrogens is 240 g/mol. The van der Waals surface area contributed by atoms with Crippen LogP contribution in [0.4, 0.5) is 5.69 Å². The normalized spacial score (nSPS) is 22.7. The van der Waals surface area contributed by atoms with E-state index in [9.17, 15) is 4.79 Å². The lowest BCUT2D eigenvalue weighted by molar-refractivity contribution is 0.0922. The number of hydrogen-bond acceptors (Lipinski definition) is 3. The summed E-state index contributed by atoms with van der Waals surface area (Å²) in [6.45, 7) is 4.60. The molecule has 1 saturated heterocycles. The van der Waals surface area contributed by atoms with Crippen molar-refractivity contribution in [2.45, 2.75) is 25.8 Å². The van der Waals surface area contributed by atoms with E-state index in [1.54, 1.807) is 0 Å². The summed E-state index contributed by atoms with van der Waals surface area (Å²) in [5, 5.41) is 6.39. The van der Waals surface area contributed by atoms with Crippen LogP contribution in [0.2, 0.25) is 0 Å². The average molecular weight is 260 g/mol. The first-order valence-corrected chi connectivity index (χ1v) is 6.99. The highest BCUT2D eigenvalue weighted by atomic mass is 16.5. The molecule has 1 amide bonds. The van der Waals surface area contributed by atoms with E-state index in [-0.39, 0.29) is 11.9 Å². The molecule has 1 aromatic rings. The second-order valence-electron chi connectivity index (χ2n) is 5.43. The van der Waals surface area contributed by atoms with Crippen LogP contribution in [0, 0.1) is 5.92 Å². The van der Waals surface area contributed by atoms with Crippen LogP contribution >= 0.6 is 0 Å². The Kier molecular flexibility index (Phi) is 3.42. The fourth-order valence-electron chi connectivity index (χ4n) is 2.79. The van der Waals surface area contributed by atoms with Gasteiger partial charge in [-0.05, 0) is 37.5 Å². The van der Waals surface area contributed by atoms with E-state index < -0.39 is 0 Å². The third-order valence-electron chi connectivity index (χ3n) is 4.11. The molecule has 2 atom stereocenters. The van der Waals surface area contributed by atoms with Crippen molar-refractivity contribution in [2.24, 2.45) is 5.92 Å². The summed E-state index contributed by atoms with van der Waals surface area (Å²) >= 11 is 0. The van der Waals surface area contributed by atoms with Crippen molar-refractivity contribution in [3.05, 3.63) is 29.3 Å². The van der Waals surface area contributed by atoms with Gasteiger partial charge >= 0.3 is 0 Å². The Morgan fingerprint density at radius 3 is 3.21 bits per heavy atom. The first-order chi connectivity index (χ1) is 9.24. The van der Waals surface area contributed by atoms with E-state index in [0.29, 0.717) is 5.92 Å². The van der Waals surface area contributed by atoms with E-state index in [1.165, 1.54) is 5.56 Å². The van der Waals surface area contributed by atoms with Crippen LogP contribution in [-0.2, 0) is 11.2 Å². The molecule has 2 unspecified atom stereocenters. The zero-order valence-electron chi connectivity index (χ0n) is 11.2. The van der Waals surface area contributed by atoms with Crippen molar-refractivity contribution in [2.75, 3.05) is 25.1 Å². The van der Waals surface area contributed by atoms with Crippen molar-refractivity contribution in [3.63, 3.8) is 0 Å². The third kappa shape index (κ3) is 2.59. The van der Waals surface area contributed by atoms with Gasteiger partial charge in [0.1, 0.15) is 0 Å². The highest BCUT2D eigenvalue weighted by Crippen LogP contribution is 2.23. The summed E-state index contributed by atoms with van der Waals surface area (Å²) < 4.78 is 5.36. The number of carbonyl (C=O) groups is 1. The van der Waals surface area contributed by atoms with E-state index in [4.69, 9.17) is 4.74 Å². The number of amides is 1. The van der Waals surface area contributed by atoms with Gasteiger partial charge in [0, 0.05) is 36.4 Å². The van der Waals surface area contributed by atoms with Crippen molar-refractivity contribution in [3.8, 4) is 0 Å². The molecule has 4 heteroatoms. The van der Waals surface area contributed by atoms with Crippen LogP contribution in [0.1, 0.15) is 29.3 Å². The summed E-state index contributed by atoms with van der Waals surface area (Å²) in [4.78, 5) is 12.2. The number of carbonyl (C=O) groups excluding carboxylic acids is 1. The molecule has 0 radical (unpaired) electrons. The molecule has 19 heavy (non-hydrogen) atoms. The van der Waals surface area contributed by atoms with Crippen LogP contribution in [-0.4, -0.2) is 31.7 Å². The van der Waals surface area contributed by atoms with E-state index in [1.807, 2.05) is 18.2 Å². The Morgan fingerprint density at radius 2 is 2.42 bits per heavy atom. The van der Waals surface area contributed by atoms with E-state index in [0.717, 1.165) is 43.9 Å². The monoisotopic (exact) mass is 260 g/mol. The van der Waals surface area contributed by atoms with Gasteiger partial charge in [-0.2, -0.15) is 0 Å². The molecule has 2 N–H and O–H groups in total. The lowest BCUT2D eigenvalue weighted by Gasteiger charge is -2.19. The zero-order chi connectivity index (χ0) is 13.2. The standard InChI is InChI=1S/C15H20N2O2/c1-10(13-5-7-19-9-13)17-15(18)12-3-2-11-4-6-16-14(11)8-12/h2-3,8,10,13,16H,4-7,9H2,1H3,(H,17,18). The van der Waals surface area contributed by atoms with Crippen LogP contribution in [0.3, 0.4) is 0 Å². The van der Waals surface area contributed by atoms with Gasteiger partial charge in [-0.1, -0.05) is 6.07 Å². The maximum Gasteiger partial charge on any atom is 0.251 e. The summed E-state index contributed by atoms with van der Waals surface area (Å²) in [7, 11) is 0. The maximum atomic E-state index is 12.2. The maximum absolute atomic E-state index is 12.2. The van der Waals surface area contributed by atoms with Gasteiger partial charge in [-0.15, -0.1) is 0 Å². The topological polar surface area (TPSA) is 50.4 Å². The van der Waals surface area contributed by atoms with Gasteiger partial charge in [0.15, 0.2) is 0 Å². The van der Waals surface area contributed by atoms with Crippen molar-refractivity contribution in [1.82, 2.24) is 5.32 Å². The Bertz CT molecular complexity index is 481. The smallest absolute Gasteiger partial charge is 0.251 e. The van der Waals surface area contributed by atoms with Crippen molar-refractivity contribution in [1.29, 1.82) is 0 Å². The number of fused-ring (bicyclic) bond motifs is 1. The molecule has 0 aliphatic carbocycles. The Hall–Kier alpha value is -1.55. The van der Waals surface area contributed by atoms with Crippen LogP contribution in [0.5, 0.6) is 0 Å². The highest BCUT2D eigenvalue weighted by molar-refractivity contribution is 5.95. The van der Waals surface area contributed by atoms with Crippen LogP contribution in [0.25, 0.3) is 0 Å². The molecule has 0 spiro atoms. The molecule has 3 rings (SSSR count). The number of anilines is 1. The number of rotatable bonds is 3. The Labute approximate surface area is 113 Å². The second kappa shape index (κ2) is 5.21. The van der Waals surface area contributed by atoms with Crippen LogP contribution in [0.15, 0.2) is 18.2 Å². The van der Waals surface area contributed by atoms with Gasteiger partial charge in [-0.3, -0.25) is 4.79 Å². The van der Waals surface area contributed by atoms with Gasteiger partial charge in [0.05, 0.1) is 6.61 Å². The van der Waals surface area contributed by atoms with Crippen molar-refractivity contribution >= 4 is 11.6 Å². The van der Waals surface area contributed by atoms with Gasteiger partial charge < -0.3 is 15.4 Å². The minimum atomic E-state index is 0.0101. The number of benzene rings is 1. The molecule has 1 fully saturated rings. The van der Waals surface area contributed by atoms with E-state index in [2.05, 4.69) is 17.6 Å². The van der Waals surface area contributed by atoms with Crippen molar-refractivity contribution < 1.29 is 9.53 Å². The first-order valence-electron chi connectivity index (χ1n) is 6.99. The van der Waals surface area contributed by atoms with Gasteiger partial charge in [0.2, 0.25) is 0 Å². The molecule has 0 bridgehead atoms. The zero-order valence-corrected chi connectivity index (χ0v) is 11.2. The number of hydrogen-bond donors (Lipinski definition) is 2. The first kappa shape index (κ1) is 12.5. The summed E-state index contributed by atoms with van der Waals surface area (Å²) in [6, 6.07) is 6.08. The molecule has 4 nitrogen and oxygen atoms in total. The highest BCUT2D eigenvalue weighted by Gasteiger charge is 2.24. The number of nitrogens with one attached hydrogen (secondary N) is 2. The van der Waals surface area contributed by atoms with Crippen LogP contribution < -0.4 is 10.6 Å². The molecule has 1 aromatic carbocycles. The van der Waals surface area contributed by atoms with E-state index >= 15 is 0 Å². The second-order valence-corrected chi connectivity index (χ2v) is 5.43. The van der Waals surface area contributed by atoms with Gasteiger partial charge in [-0.25, -0.2) is 0 Å². The molecule has 2 heterocycles. The molecular formula is C15H20N2O2. The Morgan fingerprint density at radius 1 is 1.53 bits per heavy atom. The predicted octanol–water partition coefficient (Wildman–Crippen LogP) is 1.81. The summed E-state index contributed by atoms with van der Waals surface area (Å²) in [5.41, 5.74) is 3.14. The predicted molar refractivity (Wildman–Crippen MR) is 74.5 cm³/mol. The SMILES string of the molecule is CC(NC(=O)c1ccc2c(c1)NCC2)C1CCOC1. The fraction of sp³-hybridized carbons (Fsp3) is 0.533. The van der Waals surface area contributed by atoms with Gasteiger partial charge in [0.25, 0.3) is 5.91 Å². The lowest BCUT2D eigenvalue weighted by atomic mass is 10.00. The molecule has 102 valence electrons. The summed E-state index contributed by atoms with van der Waals surface area (Å²) in [5.74, 6) is 0.451. The largest absolute Gasteiger partial charge is 0.384 e. The molecule has 0 aromatic heterocycles. The molecule has 0 saturated carbocycles. The minimum Gasteiger partial charge on any atom is -0.384 e. The summed E-state index contributed by atoms with van der Waals surface area (Å²) in [6.07, 6.45) is 2.08. The third-order valence-corrected chi connectivity index (χ3v) is 4.11. The molecule has 2 aliphatic rings. The number of ether oxygens (including phenoxy) is 1. The average Bonchev–Trinajstić information content (AvgIpc) is 3.09. The fourth-order valence-corrected chi connectivity index (χ4v) is 2.79.